The number of unbranched alkanes of at least 4 members (excludes halogenated alkanes) is 24. The molecule has 0 atom stereocenters. The second kappa shape index (κ2) is 50.0. The number of hydrogen-bond acceptors (Lipinski definition) is 7. The molecule has 56 heavy (non-hydrogen) atoms. The number of carboxylic acid groups (broad SMARTS) is 4. The number of nitrogens with zero attached hydrogens (tertiary/aromatic N) is 1. The van der Waals surface area contributed by atoms with Gasteiger partial charge in [-0.25, -0.2) is 0 Å². The molecule has 0 aromatic carbocycles. The molecule has 1 heterocycles. The van der Waals surface area contributed by atoms with Crippen LogP contribution in [0.15, 0.2) is 0 Å². The predicted molar refractivity (Wildman–Crippen MR) is 224 cm³/mol. The van der Waals surface area contributed by atoms with Crippen LogP contribution in [0.1, 0.15) is 246 Å². The van der Waals surface area contributed by atoms with Gasteiger partial charge in [-0.2, -0.15) is 5.06 Å². The number of hydroxylamine groups is 2. The van der Waals surface area contributed by atoms with Gasteiger partial charge in [-0.1, -0.05) is 182 Å². The summed E-state index contributed by atoms with van der Waals surface area (Å²) in [5, 5.41) is 42.0. The molecule has 0 aliphatic carbocycles. The summed E-state index contributed by atoms with van der Waals surface area (Å²) in [6.45, 7) is 8.80. The lowest BCUT2D eigenvalue weighted by Gasteiger charge is -1.98. The predicted octanol–water partition coefficient (Wildman–Crippen LogP) is 12.4. The van der Waals surface area contributed by atoms with Crippen molar-refractivity contribution >= 4 is 35.7 Å². The molecule has 1 aliphatic rings. The van der Waals surface area contributed by atoms with E-state index in [0.29, 0.717) is 25.7 Å². The van der Waals surface area contributed by atoms with Crippen LogP contribution in [0, 0.1) is 0 Å². The molecular formula is C44H85NO11. The second-order valence-corrected chi connectivity index (χ2v) is 14.7. The first-order chi connectivity index (χ1) is 26.8. The third-order valence-corrected chi connectivity index (χ3v) is 9.00. The number of imide groups is 1. The minimum atomic E-state index is -0.663. The van der Waals surface area contributed by atoms with Gasteiger partial charge in [-0.05, 0) is 25.7 Å². The zero-order valence-electron chi connectivity index (χ0n) is 36.2. The van der Waals surface area contributed by atoms with E-state index in [1.165, 1.54) is 128 Å². The molecule has 12 heteroatoms. The molecule has 1 rings (SSSR count). The Bertz CT molecular complexity index is 799. The first-order valence-corrected chi connectivity index (χ1v) is 22.2. The molecule has 12 nitrogen and oxygen atoms in total. The van der Waals surface area contributed by atoms with Crippen molar-refractivity contribution in [3.05, 3.63) is 0 Å². The Labute approximate surface area is 340 Å². The third-order valence-electron chi connectivity index (χ3n) is 9.00. The second-order valence-electron chi connectivity index (χ2n) is 14.7. The average molecular weight is 804 g/mol. The van der Waals surface area contributed by atoms with Gasteiger partial charge in [0.2, 0.25) is 0 Å². The Morgan fingerprint density at radius 3 is 0.643 bits per heavy atom. The first kappa shape index (κ1) is 59.7. The molecule has 1 fully saturated rings. The van der Waals surface area contributed by atoms with E-state index in [9.17, 15) is 28.8 Å². The van der Waals surface area contributed by atoms with E-state index < -0.39 is 35.7 Å². The summed E-state index contributed by atoms with van der Waals surface area (Å²) in [6.07, 6.45) is 34.9. The summed E-state index contributed by atoms with van der Waals surface area (Å²) in [5.74, 6) is -3.66. The third kappa shape index (κ3) is 60.2. The largest absolute Gasteiger partial charge is 0.481 e. The number of carbonyl (C=O) groups is 6. The number of hydrogen-bond donors (Lipinski definition) is 5. The van der Waals surface area contributed by atoms with E-state index in [4.69, 9.17) is 25.6 Å². The fourth-order valence-electron chi connectivity index (χ4n) is 5.50. The van der Waals surface area contributed by atoms with Crippen LogP contribution in [0.2, 0.25) is 0 Å². The normalized spacial score (nSPS) is 11.6. The average Bonchev–Trinajstić information content (AvgIpc) is 3.44. The summed E-state index contributed by atoms with van der Waals surface area (Å²) >= 11 is 0. The van der Waals surface area contributed by atoms with Crippen molar-refractivity contribution in [3.8, 4) is 0 Å². The molecular weight excluding hydrogens is 718 g/mol. The van der Waals surface area contributed by atoms with Crippen molar-refractivity contribution in [2.24, 2.45) is 0 Å². The van der Waals surface area contributed by atoms with E-state index in [1.807, 2.05) is 0 Å². The standard InChI is InChI=1S/4C10H20O2.C4H5NO3/c4*1-2-3-4-5-6-7-8-9-10(11)12;6-3-1-2-4(7)5(3)8/h4*2-9H2,1H3,(H,11,12);8H,1-2H2. The summed E-state index contributed by atoms with van der Waals surface area (Å²) in [7, 11) is 0. The molecule has 0 aromatic rings. The van der Waals surface area contributed by atoms with Crippen LogP contribution >= 0.6 is 0 Å². The Balaban J connectivity index is -0.000000303. The smallest absolute Gasteiger partial charge is 0.303 e. The van der Waals surface area contributed by atoms with Gasteiger partial charge in [-0.15, -0.1) is 0 Å². The first-order valence-electron chi connectivity index (χ1n) is 22.2. The van der Waals surface area contributed by atoms with E-state index in [2.05, 4.69) is 27.7 Å². The van der Waals surface area contributed by atoms with Gasteiger partial charge in [0, 0.05) is 38.5 Å². The zero-order chi connectivity index (χ0) is 43.1. The molecule has 0 radical (unpaired) electrons. The number of amides is 2. The highest BCUT2D eigenvalue weighted by Crippen LogP contribution is 2.11. The maximum absolute atomic E-state index is 10.2. The highest BCUT2D eigenvalue weighted by molar-refractivity contribution is 6.00. The number of aliphatic carboxylic acids is 4. The maximum atomic E-state index is 10.2. The van der Waals surface area contributed by atoms with Gasteiger partial charge in [0.1, 0.15) is 0 Å². The fraction of sp³-hybridized carbons (Fsp3) is 0.864. The number of carboxylic acids is 4. The van der Waals surface area contributed by atoms with E-state index in [0.717, 1.165) is 51.4 Å². The number of carbonyl (C=O) groups excluding carboxylic acids is 2. The fourth-order valence-corrected chi connectivity index (χ4v) is 5.50. The van der Waals surface area contributed by atoms with Crippen LogP contribution in [0.25, 0.3) is 0 Å². The molecule has 0 bridgehead atoms. The minimum Gasteiger partial charge on any atom is -0.481 e. The van der Waals surface area contributed by atoms with Crippen molar-refractivity contribution < 1.29 is 54.4 Å². The highest BCUT2D eigenvalue weighted by atomic mass is 16.5. The highest BCUT2D eigenvalue weighted by Gasteiger charge is 2.26. The Morgan fingerprint density at radius 1 is 0.357 bits per heavy atom. The molecule has 332 valence electrons. The lowest BCUT2D eigenvalue weighted by atomic mass is 10.1. The van der Waals surface area contributed by atoms with Crippen molar-refractivity contribution in [1.82, 2.24) is 5.06 Å². The van der Waals surface area contributed by atoms with Gasteiger partial charge in [-0.3, -0.25) is 34.0 Å². The van der Waals surface area contributed by atoms with E-state index in [1.54, 1.807) is 0 Å². The quantitative estimate of drug-likeness (QED) is 0.0245. The van der Waals surface area contributed by atoms with Crippen LogP contribution in [-0.4, -0.2) is 66.4 Å². The molecule has 0 spiro atoms. The Hall–Kier alpha value is -3.02. The Kier molecular flexibility index (Phi) is 53.3. The van der Waals surface area contributed by atoms with Gasteiger partial charge < -0.3 is 20.4 Å². The van der Waals surface area contributed by atoms with Crippen molar-refractivity contribution in [1.29, 1.82) is 0 Å². The zero-order valence-corrected chi connectivity index (χ0v) is 36.2. The van der Waals surface area contributed by atoms with Gasteiger partial charge in [0.15, 0.2) is 0 Å². The van der Waals surface area contributed by atoms with Crippen LogP contribution < -0.4 is 0 Å². The van der Waals surface area contributed by atoms with Crippen molar-refractivity contribution in [2.45, 2.75) is 246 Å². The monoisotopic (exact) mass is 804 g/mol. The number of rotatable bonds is 32. The molecule has 0 saturated carbocycles. The summed E-state index contributed by atoms with van der Waals surface area (Å²) in [4.78, 5) is 61.0. The van der Waals surface area contributed by atoms with Crippen LogP contribution in [0.3, 0.4) is 0 Å². The summed E-state index contributed by atoms with van der Waals surface area (Å²) in [5.41, 5.74) is 0. The molecule has 5 N–H and O–H groups in total. The van der Waals surface area contributed by atoms with E-state index >= 15 is 0 Å². The Morgan fingerprint density at radius 2 is 0.518 bits per heavy atom. The summed E-state index contributed by atoms with van der Waals surface area (Å²) < 4.78 is 0. The SMILES string of the molecule is CCCCCCCCCC(=O)O.CCCCCCCCCC(=O)O.CCCCCCCCCC(=O)O.CCCCCCCCCC(=O)O.O=C1CCC(=O)N1O. The molecule has 1 saturated heterocycles. The molecule has 1 aliphatic heterocycles. The van der Waals surface area contributed by atoms with Gasteiger partial charge in [0.05, 0.1) is 0 Å². The van der Waals surface area contributed by atoms with Crippen molar-refractivity contribution in [2.75, 3.05) is 0 Å². The van der Waals surface area contributed by atoms with Gasteiger partial charge in [0.25, 0.3) is 11.8 Å². The van der Waals surface area contributed by atoms with Crippen molar-refractivity contribution in [3.63, 3.8) is 0 Å². The molecule has 2 amide bonds. The minimum absolute atomic E-state index is 0.148. The van der Waals surface area contributed by atoms with Crippen LogP contribution in [-0.2, 0) is 28.8 Å². The van der Waals surface area contributed by atoms with E-state index in [-0.39, 0.29) is 17.9 Å². The van der Waals surface area contributed by atoms with Crippen LogP contribution in [0.4, 0.5) is 0 Å². The van der Waals surface area contributed by atoms with Gasteiger partial charge >= 0.3 is 23.9 Å². The maximum Gasteiger partial charge on any atom is 0.303 e. The topological polar surface area (TPSA) is 207 Å². The van der Waals surface area contributed by atoms with Crippen LogP contribution in [0.5, 0.6) is 0 Å². The lowest BCUT2D eigenvalue weighted by molar-refractivity contribution is -0.171. The lowest BCUT2D eigenvalue weighted by Crippen LogP contribution is -2.24. The summed E-state index contributed by atoms with van der Waals surface area (Å²) in [6, 6.07) is 0. The molecule has 0 aromatic heterocycles. The molecule has 0 unspecified atom stereocenters.